The summed E-state index contributed by atoms with van der Waals surface area (Å²) in [6.07, 6.45) is 0. The van der Waals surface area contributed by atoms with Gasteiger partial charge < -0.3 is 10.5 Å². The van der Waals surface area contributed by atoms with Crippen molar-refractivity contribution in [2.24, 2.45) is 0 Å². The van der Waals surface area contributed by atoms with Crippen LogP contribution in [0.4, 0.5) is 5.69 Å². The second kappa shape index (κ2) is 4.45. The van der Waals surface area contributed by atoms with Crippen LogP contribution in [-0.2, 0) is 0 Å². The van der Waals surface area contributed by atoms with E-state index in [1.807, 2.05) is 36.4 Å². The number of methoxy groups -OCH3 is 1. The quantitative estimate of drug-likeness (QED) is 0.805. The van der Waals surface area contributed by atoms with Crippen molar-refractivity contribution in [3.05, 3.63) is 47.5 Å². The van der Waals surface area contributed by atoms with E-state index in [0.717, 1.165) is 16.9 Å². The number of nitrogens with two attached hydrogens (primary N) is 1. The molecule has 0 atom stereocenters. The summed E-state index contributed by atoms with van der Waals surface area (Å²) >= 11 is 6.13. The Morgan fingerprint density at radius 2 is 1.75 bits per heavy atom. The predicted octanol–water partition coefficient (Wildman–Crippen LogP) is 3.60. The molecule has 2 aromatic rings. The minimum absolute atomic E-state index is 0.658. The molecule has 0 amide bonds. The third kappa shape index (κ3) is 2.12. The van der Waals surface area contributed by atoms with E-state index in [-0.39, 0.29) is 0 Å². The average Bonchev–Trinajstić information content (AvgIpc) is 2.29. The van der Waals surface area contributed by atoms with Gasteiger partial charge in [-0.15, -0.1) is 0 Å². The summed E-state index contributed by atoms with van der Waals surface area (Å²) in [5.74, 6) is 0.829. The summed E-state index contributed by atoms with van der Waals surface area (Å²) in [5.41, 5.74) is 8.33. The van der Waals surface area contributed by atoms with Crippen LogP contribution in [0.15, 0.2) is 42.5 Å². The SMILES string of the molecule is COc1ccc(-c2ccc(N)cc2Cl)cc1. The second-order valence-electron chi connectivity index (χ2n) is 3.47. The van der Waals surface area contributed by atoms with Gasteiger partial charge in [0, 0.05) is 11.3 Å². The molecule has 16 heavy (non-hydrogen) atoms. The van der Waals surface area contributed by atoms with Gasteiger partial charge in [-0.05, 0) is 29.8 Å². The average molecular weight is 234 g/mol. The number of benzene rings is 2. The summed E-state index contributed by atoms with van der Waals surface area (Å²) in [4.78, 5) is 0. The summed E-state index contributed by atoms with van der Waals surface area (Å²) in [6.45, 7) is 0. The first-order chi connectivity index (χ1) is 7.70. The minimum Gasteiger partial charge on any atom is -0.497 e. The molecule has 82 valence electrons. The molecule has 2 rings (SSSR count). The lowest BCUT2D eigenvalue weighted by Gasteiger charge is -2.06. The molecule has 2 nitrogen and oxygen atoms in total. The minimum atomic E-state index is 0.658. The van der Waals surface area contributed by atoms with Crippen molar-refractivity contribution in [2.45, 2.75) is 0 Å². The van der Waals surface area contributed by atoms with Gasteiger partial charge in [0.25, 0.3) is 0 Å². The molecule has 0 spiro atoms. The van der Waals surface area contributed by atoms with Gasteiger partial charge in [0.1, 0.15) is 5.75 Å². The molecule has 0 aliphatic carbocycles. The zero-order chi connectivity index (χ0) is 11.5. The lowest BCUT2D eigenvalue weighted by atomic mass is 10.1. The molecular formula is C13H12ClNO. The van der Waals surface area contributed by atoms with Crippen molar-refractivity contribution >= 4 is 17.3 Å². The fourth-order valence-corrected chi connectivity index (χ4v) is 1.83. The van der Waals surface area contributed by atoms with E-state index in [1.165, 1.54) is 0 Å². The summed E-state index contributed by atoms with van der Waals surface area (Å²) in [5, 5.41) is 0.658. The molecule has 0 saturated heterocycles. The molecule has 0 fully saturated rings. The van der Waals surface area contributed by atoms with Gasteiger partial charge in [-0.2, -0.15) is 0 Å². The number of halogens is 1. The summed E-state index contributed by atoms with van der Waals surface area (Å²) in [6, 6.07) is 13.3. The highest BCUT2D eigenvalue weighted by Crippen LogP contribution is 2.30. The molecule has 0 bridgehead atoms. The Balaban J connectivity index is 2.42. The van der Waals surface area contributed by atoms with Crippen LogP contribution in [0.2, 0.25) is 5.02 Å². The molecule has 0 unspecified atom stereocenters. The molecule has 0 heterocycles. The van der Waals surface area contributed by atoms with Crippen molar-refractivity contribution in [3.63, 3.8) is 0 Å². The predicted molar refractivity (Wildman–Crippen MR) is 67.9 cm³/mol. The van der Waals surface area contributed by atoms with Crippen molar-refractivity contribution in [3.8, 4) is 16.9 Å². The van der Waals surface area contributed by atoms with Crippen LogP contribution < -0.4 is 10.5 Å². The highest BCUT2D eigenvalue weighted by Gasteiger charge is 2.03. The van der Waals surface area contributed by atoms with Crippen molar-refractivity contribution < 1.29 is 4.74 Å². The van der Waals surface area contributed by atoms with Crippen LogP contribution in [-0.4, -0.2) is 7.11 Å². The number of ether oxygens (including phenoxy) is 1. The van der Waals surface area contributed by atoms with E-state index >= 15 is 0 Å². The number of anilines is 1. The van der Waals surface area contributed by atoms with Crippen LogP contribution in [0.5, 0.6) is 5.75 Å². The smallest absolute Gasteiger partial charge is 0.118 e. The maximum atomic E-state index is 6.13. The first-order valence-electron chi connectivity index (χ1n) is 4.90. The number of nitrogen functional groups attached to an aromatic ring is 1. The monoisotopic (exact) mass is 233 g/mol. The molecule has 3 heteroatoms. The largest absolute Gasteiger partial charge is 0.497 e. The second-order valence-corrected chi connectivity index (χ2v) is 3.87. The highest BCUT2D eigenvalue weighted by molar-refractivity contribution is 6.33. The third-order valence-corrected chi connectivity index (χ3v) is 2.71. The van der Waals surface area contributed by atoms with E-state index in [1.54, 1.807) is 13.2 Å². The van der Waals surface area contributed by atoms with Gasteiger partial charge in [0.2, 0.25) is 0 Å². The Morgan fingerprint density at radius 3 is 2.31 bits per heavy atom. The molecule has 2 N–H and O–H groups in total. The van der Waals surface area contributed by atoms with Crippen LogP contribution in [0.1, 0.15) is 0 Å². The van der Waals surface area contributed by atoms with Crippen molar-refractivity contribution in [1.29, 1.82) is 0 Å². The van der Waals surface area contributed by atoms with E-state index in [9.17, 15) is 0 Å². The Labute approximate surface area is 99.6 Å². The molecule has 2 aromatic carbocycles. The zero-order valence-electron chi connectivity index (χ0n) is 8.91. The zero-order valence-corrected chi connectivity index (χ0v) is 9.66. The fourth-order valence-electron chi connectivity index (χ4n) is 1.54. The topological polar surface area (TPSA) is 35.2 Å². The normalized spacial score (nSPS) is 10.1. The highest BCUT2D eigenvalue weighted by atomic mass is 35.5. The first kappa shape index (κ1) is 10.8. The summed E-state index contributed by atoms with van der Waals surface area (Å²) in [7, 11) is 1.64. The molecule has 0 aliphatic rings. The van der Waals surface area contributed by atoms with E-state index in [2.05, 4.69) is 0 Å². The standard InChI is InChI=1S/C13H12ClNO/c1-16-11-5-2-9(3-6-11)12-7-4-10(15)8-13(12)14/h2-8H,15H2,1H3. The maximum Gasteiger partial charge on any atom is 0.118 e. The van der Waals surface area contributed by atoms with Crippen LogP contribution >= 0.6 is 11.6 Å². The van der Waals surface area contributed by atoms with Gasteiger partial charge in [-0.3, -0.25) is 0 Å². The Bertz CT molecular complexity index is 494. The van der Waals surface area contributed by atoms with Crippen molar-refractivity contribution in [1.82, 2.24) is 0 Å². The third-order valence-electron chi connectivity index (χ3n) is 2.39. The molecule has 0 aromatic heterocycles. The fraction of sp³-hybridized carbons (Fsp3) is 0.0769. The number of hydrogen-bond acceptors (Lipinski definition) is 2. The van der Waals surface area contributed by atoms with Gasteiger partial charge in [-0.1, -0.05) is 29.8 Å². The molecule has 0 radical (unpaired) electrons. The molecule has 0 aliphatic heterocycles. The van der Waals surface area contributed by atoms with E-state index < -0.39 is 0 Å². The number of rotatable bonds is 2. The Morgan fingerprint density at radius 1 is 1.06 bits per heavy atom. The summed E-state index contributed by atoms with van der Waals surface area (Å²) < 4.78 is 5.10. The Hall–Kier alpha value is -1.67. The van der Waals surface area contributed by atoms with Crippen LogP contribution in [0.25, 0.3) is 11.1 Å². The van der Waals surface area contributed by atoms with Gasteiger partial charge in [0.05, 0.1) is 12.1 Å². The van der Waals surface area contributed by atoms with Crippen LogP contribution in [0.3, 0.4) is 0 Å². The van der Waals surface area contributed by atoms with E-state index in [0.29, 0.717) is 10.7 Å². The maximum absolute atomic E-state index is 6.13. The van der Waals surface area contributed by atoms with Crippen LogP contribution in [0, 0.1) is 0 Å². The van der Waals surface area contributed by atoms with E-state index in [4.69, 9.17) is 22.1 Å². The van der Waals surface area contributed by atoms with Gasteiger partial charge in [-0.25, -0.2) is 0 Å². The Kier molecular flexibility index (Phi) is 3.02. The molecule has 0 saturated carbocycles. The first-order valence-corrected chi connectivity index (χ1v) is 5.28. The lowest BCUT2D eigenvalue weighted by molar-refractivity contribution is 0.415. The van der Waals surface area contributed by atoms with Crippen molar-refractivity contribution in [2.75, 3.05) is 12.8 Å². The van der Waals surface area contributed by atoms with Gasteiger partial charge in [0.15, 0.2) is 0 Å². The van der Waals surface area contributed by atoms with Gasteiger partial charge >= 0.3 is 0 Å². The number of hydrogen-bond donors (Lipinski definition) is 1. The lowest BCUT2D eigenvalue weighted by Crippen LogP contribution is -1.86. The molecular weight excluding hydrogens is 222 g/mol.